The van der Waals surface area contributed by atoms with E-state index in [0.717, 1.165) is 31.9 Å². The summed E-state index contributed by atoms with van der Waals surface area (Å²) in [6, 6.07) is 29.6. The fourth-order valence-corrected chi connectivity index (χ4v) is 4.08. The quantitative estimate of drug-likeness (QED) is 0.707. The minimum absolute atomic E-state index is 0.0103. The molecular weight excluding hydrogens is 358 g/mol. The number of carbonyl (C=O) groups is 1. The van der Waals surface area contributed by atoms with E-state index in [9.17, 15) is 4.79 Å². The number of carbonyl (C=O) groups excluding carboxylic acids is 1. The molecule has 0 aliphatic carbocycles. The molecule has 148 valence electrons. The molecule has 0 atom stereocenters. The first kappa shape index (κ1) is 19.2. The van der Waals surface area contributed by atoms with Gasteiger partial charge in [-0.15, -0.1) is 0 Å². The molecule has 0 radical (unpaired) electrons. The minimum atomic E-state index is -0.0103. The molecule has 3 aromatic carbocycles. The van der Waals surface area contributed by atoms with Gasteiger partial charge in [0.15, 0.2) is 0 Å². The van der Waals surface area contributed by atoms with Crippen molar-refractivity contribution in [1.29, 1.82) is 0 Å². The molecule has 0 aromatic heterocycles. The van der Waals surface area contributed by atoms with Crippen LogP contribution in [0.2, 0.25) is 0 Å². The molecule has 0 bridgehead atoms. The Hall–Kier alpha value is -3.11. The number of benzene rings is 3. The number of aryl methyl sites for hydroxylation is 1. The molecule has 1 saturated heterocycles. The van der Waals surface area contributed by atoms with E-state index in [4.69, 9.17) is 0 Å². The average molecular weight is 387 g/mol. The molecule has 29 heavy (non-hydrogen) atoms. The number of anilines is 1. The van der Waals surface area contributed by atoms with E-state index >= 15 is 0 Å². The third-order valence-corrected chi connectivity index (χ3v) is 5.67. The van der Waals surface area contributed by atoms with Gasteiger partial charge in [-0.2, -0.15) is 0 Å². The van der Waals surface area contributed by atoms with Gasteiger partial charge in [0.1, 0.15) is 6.04 Å². The van der Waals surface area contributed by atoms with Crippen molar-refractivity contribution in [2.24, 2.45) is 0 Å². The largest absolute Gasteiger partial charge is 0.322 e. The van der Waals surface area contributed by atoms with E-state index in [1.807, 2.05) is 36.1 Å². The van der Waals surface area contributed by atoms with Crippen LogP contribution in [0.1, 0.15) is 22.7 Å². The zero-order chi connectivity index (χ0) is 20.1. The van der Waals surface area contributed by atoms with Crippen molar-refractivity contribution < 1.29 is 9.69 Å². The molecule has 1 aliphatic heterocycles. The first-order chi connectivity index (χ1) is 14.2. The number of nitrogens with zero attached hydrogens (tertiary/aromatic N) is 1. The standard InChI is InChI=1S/C25H27N3O/c1-20-12-14-23(15-13-20)26-25(29)28-18-16-27(17-19-28)24(21-8-4-2-5-9-21)22-10-6-3-7-11-22/h2-15,24H,16-19H2,1H3,(H,26,29)/p+1. The van der Waals surface area contributed by atoms with E-state index in [1.165, 1.54) is 21.6 Å². The van der Waals surface area contributed by atoms with Gasteiger partial charge in [0.05, 0.1) is 26.2 Å². The molecule has 4 nitrogen and oxygen atoms in total. The molecule has 1 aliphatic rings. The van der Waals surface area contributed by atoms with Crippen LogP contribution in [0.5, 0.6) is 0 Å². The van der Waals surface area contributed by atoms with Crippen molar-refractivity contribution in [1.82, 2.24) is 4.90 Å². The Morgan fingerprint density at radius 3 is 1.86 bits per heavy atom. The van der Waals surface area contributed by atoms with Gasteiger partial charge < -0.3 is 15.1 Å². The zero-order valence-corrected chi connectivity index (χ0v) is 16.8. The minimum Gasteiger partial charge on any atom is -0.322 e. The van der Waals surface area contributed by atoms with Gasteiger partial charge in [-0.1, -0.05) is 78.4 Å². The molecule has 0 unspecified atom stereocenters. The third kappa shape index (κ3) is 4.66. The second-order valence-electron chi connectivity index (χ2n) is 7.70. The monoisotopic (exact) mass is 386 g/mol. The zero-order valence-electron chi connectivity index (χ0n) is 16.8. The Morgan fingerprint density at radius 1 is 0.828 bits per heavy atom. The summed E-state index contributed by atoms with van der Waals surface area (Å²) in [5.41, 5.74) is 4.69. The predicted molar refractivity (Wildman–Crippen MR) is 117 cm³/mol. The maximum atomic E-state index is 12.7. The fraction of sp³-hybridized carbons (Fsp3) is 0.240. The van der Waals surface area contributed by atoms with Crippen molar-refractivity contribution >= 4 is 11.7 Å². The first-order valence-electron chi connectivity index (χ1n) is 10.3. The van der Waals surface area contributed by atoms with E-state index in [-0.39, 0.29) is 6.03 Å². The summed E-state index contributed by atoms with van der Waals surface area (Å²) in [6.07, 6.45) is 0. The second-order valence-corrected chi connectivity index (χ2v) is 7.70. The van der Waals surface area contributed by atoms with Crippen molar-refractivity contribution in [2.45, 2.75) is 13.0 Å². The second kappa shape index (κ2) is 8.93. The van der Waals surface area contributed by atoms with Gasteiger partial charge >= 0.3 is 6.03 Å². The van der Waals surface area contributed by atoms with E-state index in [2.05, 4.69) is 66.0 Å². The summed E-state index contributed by atoms with van der Waals surface area (Å²) >= 11 is 0. The summed E-state index contributed by atoms with van der Waals surface area (Å²) in [5, 5.41) is 3.02. The van der Waals surface area contributed by atoms with Gasteiger partial charge in [0.2, 0.25) is 0 Å². The number of hydrogen-bond donors (Lipinski definition) is 2. The van der Waals surface area contributed by atoms with E-state index in [0.29, 0.717) is 6.04 Å². The summed E-state index contributed by atoms with van der Waals surface area (Å²) in [6.45, 7) is 5.40. The van der Waals surface area contributed by atoms with Crippen molar-refractivity contribution in [3.63, 3.8) is 0 Å². The molecular formula is C25H28N3O+. The van der Waals surface area contributed by atoms with Gasteiger partial charge in [0, 0.05) is 16.8 Å². The number of hydrogen-bond acceptors (Lipinski definition) is 1. The molecule has 4 heteroatoms. The van der Waals surface area contributed by atoms with Crippen LogP contribution in [0.15, 0.2) is 84.9 Å². The van der Waals surface area contributed by atoms with Crippen molar-refractivity contribution in [3.8, 4) is 0 Å². The summed E-state index contributed by atoms with van der Waals surface area (Å²) in [4.78, 5) is 16.1. The number of quaternary nitrogens is 1. The predicted octanol–water partition coefficient (Wildman–Crippen LogP) is 3.52. The first-order valence-corrected chi connectivity index (χ1v) is 10.3. The topological polar surface area (TPSA) is 36.8 Å². The Kier molecular flexibility index (Phi) is 5.92. The molecule has 4 rings (SSSR count). The van der Waals surface area contributed by atoms with Crippen LogP contribution >= 0.6 is 0 Å². The van der Waals surface area contributed by atoms with Crippen LogP contribution < -0.4 is 10.2 Å². The highest BCUT2D eigenvalue weighted by Gasteiger charge is 2.31. The third-order valence-electron chi connectivity index (χ3n) is 5.67. The van der Waals surface area contributed by atoms with Crippen LogP contribution in [0, 0.1) is 6.92 Å². The highest BCUT2D eigenvalue weighted by Crippen LogP contribution is 2.19. The Bertz CT molecular complexity index is 878. The van der Waals surface area contributed by atoms with Crippen LogP contribution in [-0.4, -0.2) is 37.1 Å². The van der Waals surface area contributed by atoms with Crippen LogP contribution in [-0.2, 0) is 0 Å². The molecule has 0 saturated carbocycles. The van der Waals surface area contributed by atoms with E-state index in [1.54, 1.807) is 0 Å². The molecule has 3 aromatic rings. The van der Waals surface area contributed by atoms with Gasteiger partial charge in [0.25, 0.3) is 0 Å². The van der Waals surface area contributed by atoms with Crippen molar-refractivity contribution in [3.05, 3.63) is 102 Å². The highest BCUT2D eigenvalue weighted by molar-refractivity contribution is 5.89. The van der Waals surface area contributed by atoms with Gasteiger partial charge in [-0.05, 0) is 19.1 Å². The summed E-state index contributed by atoms with van der Waals surface area (Å²) in [5.74, 6) is 0. The van der Waals surface area contributed by atoms with Gasteiger partial charge in [-0.3, -0.25) is 0 Å². The number of rotatable bonds is 4. The van der Waals surface area contributed by atoms with Crippen LogP contribution in [0.3, 0.4) is 0 Å². The SMILES string of the molecule is Cc1ccc(NC(=O)N2CC[NH+](C(c3ccccc3)c3ccccc3)CC2)cc1. The van der Waals surface area contributed by atoms with Gasteiger partial charge in [-0.25, -0.2) is 4.79 Å². The maximum Gasteiger partial charge on any atom is 0.322 e. The lowest BCUT2D eigenvalue weighted by Crippen LogP contribution is -3.15. The number of piperazine rings is 1. The summed E-state index contributed by atoms with van der Waals surface area (Å²) in [7, 11) is 0. The normalized spacial score (nSPS) is 14.8. The smallest absolute Gasteiger partial charge is 0.322 e. The lowest BCUT2D eigenvalue weighted by atomic mass is 9.96. The molecule has 2 amide bonds. The average Bonchev–Trinajstić information content (AvgIpc) is 2.77. The number of nitrogens with one attached hydrogen (secondary N) is 2. The van der Waals surface area contributed by atoms with E-state index < -0.39 is 0 Å². The fourth-order valence-electron chi connectivity index (χ4n) is 4.08. The molecule has 0 spiro atoms. The number of amides is 2. The van der Waals surface area contributed by atoms with Crippen molar-refractivity contribution in [2.75, 3.05) is 31.5 Å². The lowest BCUT2D eigenvalue weighted by Gasteiger charge is -2.37. The Morgan fingerprint density at radius 2 is 1.34 bits per heavy atom. The van der Waals surface area contributed by atoms with Crippen LogP contribution in [0.4, 0.5) is 10.5 Å². The number of urea groups is 1. The molecule has 2 N–H and O–H groups in total. The summed E-state index contributed by atoms with van der Waals surface area (Å²) < 4.78 is 0. The lowest BCUT2D eigenvalue weighted by molar-refractivity contribution is -0.929. The Balaban J connectivity index is 1.44. The maximum absolute atomic E-state index is 12.7. The highest BCUT2D eigenvalue weighted by atomic mass is 16.2. The Labute approximate surface area is 172 Å². The molecule has 1 fully saturated rings. The van der Waals surface area contributed by atoms with Crippen LogP contribution in [0.25, 0.3) is 0 Å². The molecule has 1 heterocycles.